The highest BCUT2D eigenvalue weighted by molar-refractivity contribution is 5.71. The number of ether oxygens (including phenoxy) is 3. The van der Waals surface area contributed by atoms with Gasteiger partial charge in [0, 0.05) is 19.3 Å². The maximum atomic E-state index is 12.9. The molecule has 0 aliphatic carbocycles. The van der Waals surface area contributed by atoms with Crippen LogP contribution in [0.25, 0.3) is 0 Å². The zero-order valence-corrected chi connectivity index (χ0v) is 45.1. The summed E-state index contributed by atoms with van der Waals surface area (Å²) in [6.45, 7) is 6.59. The summed E-state index contributed by atoms with van der Waals surface area (Å²) in [7, 11) is 0. The van der Waals surface area contributed by atoms with Gasteiger partial charge in [0.2, 0.25) is 0 Å². The van der Waals surface area contributed by atoms with E-state index in [1.54, 1.807) is 0 Å². The third-order valence-corrected chi connectivity index (χ3v) is 12.7. The number of hydrogen-bond acceptors (Lipinski definition) is 6. The highest BCUT2D eigenvalue weighted by atomic mass is 16.6. The van der Waals surface area contributed by atoms with E-state index in [9.17, 15) is 14.4 Å². The van der Waals surface area contributed by atoms with Crippen LogP contribution < -0.4 is 0 Å². The number of rotatable bonds is 53. The maximum absolute atomic E-state index is 12.9. The van der Waals surface area contributed by atoms with Crippen LogP contribution >= 0.6 is 0 Å². The lowest BCUT2D eigenvalue weighted by Gasteiger charge is -2.18. The van der Waals surface area contributed by atoms with Crippen molar-refractivity contribution in [3.05, 3.63) is 60.8 Å². The molecule has 6 nitrogen and oxygen atoms in total. The van der Waals surface area contributed by atoms with Crippen molar-refractivity contribution in [3.63, 3.8) is 0 Å². The fraction of sp³-hybridized carbons (Fsp3) is 0.790. The third kappa shape index (κ3) is 54.1. The predicted octanol–water partition coefficient (Wildman–Crippen LogP) is 19.6. The van der Waals surface area contributed by atoms with Crippen LogP contribution in [0, 0.1) is 0 Å². The van der Waals surface area contributed by atoms with Crippen molar-refractivity contribution >= 4 is 17.9 Å². The van der Waals surface area contributed by atoms with Crippen LogP contribution in [0.3, 0.4) is 0 Å². The number of hydrogen-bond donors (Lipinski definition) is 0. The van der Waals surface area contributed by atoms with Crippen LogP contribution in [0.5, 0.6) is 0 Å². The van der Waals surface area contributed by atoms with Crippen LogP contribution in [-0.2, 0) is 28.6 Å². The first kappa shape index (κ1) is 65.1. The van der Waals surface area contributed by atoms with Crippen molar-refractivity contribution in [2.24, 2.45) is 0 Å². The van der Waals surface area contributed by atoms with E-state index in [0.717, 1.165) is 103 Å². The molecule has 0 saturated heterocycles. The molecule has 0 N–H and O–H groups in total. The Morgan fingerprint density at radius 2 is 0.529 bits per heavy atom. The molecule has 0 aliphatic heterocycles. The molecule has 0 aromatic rings. The molecule has 0 fully saturated rings. The SMILES string of the molecule is CCCCC/C=C\C/C=C\C/C=C\CCCCCCC(=O)O[C@H](COC(=O)CCCCCCC/C=C\C/C=C\CCCCC)COC(=O)CCCCCCCCCCCCCCCCCCCC. The van der Waals surface area contributed by atoms with Gasteiger partial charge in [0.1, 0.15) is 13.2 Å². The van der Waals surface area contributed by atoms with Crippen LogP contribution in [0.2, 0.25) is 0 Å². The van der Waals surface area contributed by atoms with E-state index < -0.39 is 6.10 Å². The van der Waals surface area contributed by atoms with Gasteiger partial charge in [-0.15, -0.1) is 0 Å². The monoisotopic (exact) mass is 951 g/mol. The standard InChI is InChI=1S/C62H110O6/c1-4-7-10-13-16-19-22-25-28-30-32-34-37-40-43-46-49-52-55-61(64)67-58-59(57-66-60(63)54-51-48-45-42-39-36-33-27-24-21-18-15-12-9-6-3)68-62(65)56-53-50-47-44-41-38-35-31-29-26-23-20-17-14-11-8-5-2/h17-18,20-21,26-27,29,33,35,38,59H,4-16,19,22-25,28,30-32,34,36-37,39-58H2,1-3H3/b20-17-,21-18-,29-26-,33-27-,38-35-/t59-/m1/s1. The molecular weight excluding hydrogens is 841 g/mol. The van der Waals surface area contributed by atoms with E-state index >= 15 is 0 Å². The van der Waals surface area contributed by atoms with Crippen LogP contribution in [-0.4, -0.2) is 37.2 Å². The van der Waals surface area contributed by atoms with Gasteiger partial charge in [-0.2, -0.15) is 0 Å². The minimum absolute atomic E-state index is 0.0855. The molecular formula is C62H110O6. The van der Waals surface area contributed by atoms with Crippen molar-refractivity contribution < 1.29 is 28.6 Å². The normalized spacial score (nSPS) is 12.5. The van der Waals surface area contributed by atoms with Gasteiger partial charge in [-0.1, -0.05) is 248 Å². The summed E-state index contributed by atoms with van der Waals surface area (Å²) in [5, 5.41) is 0. The highest BCUT2D eigenvalue weighted by Gasteiger charge is 2.19. The summed E-state index contributed by atoms with van der Waals surface area (Å²) >= 11 is 0. The van der Waals surface area contributed by atoms with Crippen molar-refractivity contribution in [1.29, 1.82) is 0 Å². The minimum atomic E-state index is -0.790. The summed E-state index contributed by atoms with van der Waals surface area (Å²) in [5.74, 6) is -0.909. The summed E-state index contributed by atoms with van der Waals surface area (Å²) in [4.78, 5) is 38.2. The Morgan fingerprint density at radius 3 is 0.853 bits per heavy atom. The fourth-order valence-corrected chi connectivity index (χ4v) is 8.30. The molecule has 394 valence electrons. The largest absolute Gasteiger partial charge is 0.462 e. The number of carbonyl (C=O) groups excluding carboxylic acids is 3. The molecule has 0 spiro atoms. The molecule has 0 amide bonds. The van der Waals surface area contributed by atoms with Gasteiger partial charge in [-0.3, -0.25) is 14.4 Å². The first-order valence-corrected chi connectivity index (χ1v) is 29.3. The Hall–Kier alpha value is -2.89. The van der Waals surface area contributed by atoms with Crippen molar-refractivity contribution in [1.82, 2.24) is 0 Å². The lowest BCUT2D eigenvalue weighted by atomic mass is 10.0. The molecule has 68 heavy (non-hydrogen) atoms. The van der Waals surface area contributed by atoms with Crippen LogP contribution in [0.1, 0.15) is 297 Å². The maximum Gasteiger partial charge on any atom is 0.306 e. The van der Waals surface area contributed by atoms with Gasteiger partial charge in [-0.05, 0) is 89.9 Å². The quantitative estimate of drug-likeness (QED) is 0.0262. The van der Waals surface area contributed by atoms with E-state index in [4.69, 9.17) is 14.2 Å². The molecule has 0 aromatic heterocycles. The Kier molecular flexibility index (Phi) is 54.3. The Bertz CT molecular complexity index is 1230. The van der Waals surface area contributed by atoms with E-state index in [-0.39, 0.29) is 31.1 Å². The molecule has 0 saturated carbocycles. The average molecular weight is 952 g/mol. The van der Waals surface area contributed by atoms with Gasteiger partial charge >= 0.3 is 17.9 Å². The molecule has 0 bridgehead atoms. The minimum Gasteiger partial charge on any atom is -0.462 e. The summed E-state index contributed by atoms with van der Waals surface area (Å²) in [6.07, 6.45) is 70.6. The lowest BCUT2D eigenvalue weighted by Crippen LogP contribution is -2.30. The fourth-order valence-electron chi connectivity index (χ4n) is 8.30. The number of carbonyl (C=O) groups is 3. The number of allylic oxidation sites excluding steroid dienone is 10. The van der Waals surface area contributed by atoms with Crippen LogP contribution in [0.4, 0.5) is 0 Å². The molecule has 0 rings (SSSR count). The van der Waals surface area contributed by atoms with Crippen molar-refractivity contribution in [2.45, 2.75) is 303 Å². The number of esters is 3. The molecule has 0 radical (unpaired) electrons. The molecule has 0 unspecified atom stereocenters. The summed E-state index contributed by atoms with van der Waals surface area (Å²) in [5.41, 5.74) is 0. The molecule has 0 aromatic carbocycles. The Morgan fingerprint density at radius 1 is 0.294 bits per heavy atom. The van der Waals surface area contributed by atoms with E-state index in [1.807, 2.05) is 0 Å². The number of unbranched alkanes of at least 4 members (excludes halogenated alkanes) is 32. The van der Waals surface area contributed by atoms with Gasteiger partial charge in [0.05, 0.1) is 0 Å². The Labute approximate surface area is 421 Å². The average Bonchev–Trinajstić information content (AvgIpc) is 3.34. The Balaban J connectivity index is 4.41. The molecule has 1 atom stereocenters. The van der Waals surface area contributed by atoms with Gasteiger partial charge in [-0.25, -0.2) is 0 Å². The van der Waals surface area contributed by atoms with E-state index in [1.165, 1.54) is 154 Å². The highest BCUT2D eigenvalue weighted by Crippen LogP contribution is 2.16. The zero-order chi connectivity index (χ0) is 49.3. The van der Waals surface area contributed by atoms with Crippen LogP contribution in [0.15, 0.2) is 60.8 Å². The predicted molar refractivity (Wildman–Crippen MR) is 293 cm³/mol. The second-order valence-corrected chi connectivity index (χ2v) is 19.6. The zero-order valence-electron chi connectivity index (χ0n) is 45.1. The molecule has 0 heterocycles. The van der Waals surface area contributed by atoms with Gasteiger partial charge in [0.15, 0.2) is 6.10 Å². The molecule has 0 aliphatic rings. The lowest BCUT2D eigenvalue weighted by molar-refractivity contribution is -0.167. The summed E-state index contributed by atoms with van der Waals surface area (Å²) in [6, 6.07) is 0. The first-order chi connectivity index (χ1) is 33.5. The third-order valence-electron chi connectivity index (χ3n) is 12.7. The van der Waals surface area contributed by atoms with Gasteiger partial charge < -0.3 is 14.2 Å². The smallest absolute Gasteiger partial charge is 0.306 e. The van der Waals surface area contributed by atoms with Crippen molar-refractivity contribution in [2.75, 3.05) is 13.2 Å². The first-order valence-electron chi connectivity index (χ1n) is 29.3. The van der Waals surface area contributed by atoms with Crippen molar-refractivity contribution in [3.8, 4) is 0 Å². The second kappa shape index (κ2) is 56.7. The summed E-state index contributed by atoms with van der Waals surface area (Å²) < 4.78 is 16.9. The van der Waals surface area contributed by atoms with E-state index in [2.05, 4.69) is 81.5 Å². The molecule has 6 heteroatoms. The topological polar surface area (TPSA) is 78.9 Å². The van der Waals surface area contributed by atoms with Gasteiger partial charge in [0.25, 0.3) is 0 Å². The second-order valence-electron chi connectivity index (χ2n) is 19.6. The van der Waals surface area contributed by atoms with E-state index in [0.29, 0.717) is 19.3 Å².